The molecular formula is C16H16ClNO2S. The van der Waals surface area contributed by atoms with Gasteiger partial charge in [0.25, 0.3) is 0 Å². The van der Waals surface area contributed by atoms with Crippen LogP contribution in [-0.2, 0) is 17.2 Å². The predicted molar refractivity (Wildman–Crippen MR) is 84.8 cm³/mol. The summed E-state index contributed by atoms with van der Waals surface area (Å²) >= 11 is 6.35. The Bertz CT molecular complexity index is 763. The second-order valence-corrected chi connectivity index (χ2v) is 6.79. The van der Waals surface area contributed by atoms with Crippen molar-refractivity contribution in [1.29, 1.82) is 0 Å². The molecule has 0 unspecified atom stereocenters. The Balaban J connectivity index is 2.12. The summed E-state index contributed by atoms with van der Waals surface area (Å²) < 4.78 is 22.4. The minimum absolute atomic E-state index is 0.126. The van der Waals surface area contributed by atoms with E-state index in [1.54, 1.807) is 18.2 Å². The monoisotopic (exact) mass is 321 g/mol. The lowest BCUT2D eigenvalue weighted by Gasteiger charge is -2.28. The van der Waals surface area contributed by atoms with E-state index in [1.165, 1.54) is 5.56 Å². The highest BCUT2D eigenvalue weighted by Crippen LogP contribution is 2.35. The standard InChI is InChI=1S/C16H16ClNO2S/c1-10-5-13-14(8-18-9-15(13)16(17)6-10)11-3-2-4-12(7-11)21(19)20/h2-7,14,18,21H,8-9H2,1H3/t14-/m0/s1. The van der Waals surface area contributed by atoms with Crippen molar-refractivity contribution < 1.29 is 8.42 Å². The minimum Gasteiger partial charge on any atom is -0.312 e. The quantitative estimate of drug-likeness (QED) is 0.836. The van der Waals surface area contributed by atoms with Crippen LogP contribution < -0.4 is 5.32 Å². The Morgan fingerprint density at radius 2 is 2.05 bits per heavy atom. The molecule has 3 rings (SSSR count). The molecule has 1 atom stereocenters. The molecule has 0 radical (unpaired) electrons. The van der Waals surface area contributed by atoms with Crippen LogP contribution in [0, 0.1) is 6.92 Å². The number of benzene rings is 2. The molecule has 0 saturated carbocycles. The first-order valence-electron chi connectivity index (χ1n) is 6.80. The summed E-state index contributed by atoms with van der Waals surface area (Å²) in [6.07, 6.45) is 0. The van der Waals surface area contributed by atoms with E-state index in [9.17, 15) is 8.42 Å². The van der Waals surface area contributed by atoms with E-state index in [4.69, 9.17) is 11.6 Å². The van der Waals surface area contributed by atoms with Crippen molar-refractivity contribution in [2.24, 2.45) is 0 Å². The summed E-state index contributed by atoms with van der Waals surface area (Å²) in [6, 6.07) is 11.3. The molecule has 110 valence electrons. The Kier molecular flexibility index (Phi) is 4.02. The number of fused-ring (bicyclic) bond motifs is 1. The Hall–Kier alpha value is -1.36. The zero-order chi connectivity index (χ0) is 15.0. The van der Waals surface area contributed by atoms with Crippen molar-refractivity contribution in [1.82, 2.24) is 5.32 Å². The van der Waals surface area contributed by atoms with Crippen LogP contribution in [0.2, 0.25) is 5.02 Å². The largest absolute Gasteiger partial charge is 0.312 e. The van der Waals surface area contributed by atoms with Crippen LogP contribution in [0.25, 0.3) is 0 Å². The lowest BCUT2D eigenvalue weighted by molar-refractivity contribution is 0.589. The molecule has 21 heavy (non-hydrogen) atoms. The zero-order valence-electron chi connectivity index (χ0n) is 11.6. The number of nitrogens with one attached hydrogen (secondary N) is 1. The van der Waals surface area contributed by atoms with Crippen molar-refractivity contribution in [2.45, 2.75) is 24.3 Å². The van der Waals surface area contributed by atoms with E-state index >= 15 is 0 Å². The van der Waals surface area contributed by atoms with Gasteiger partial charge in [-0.05, 0) is 47.4 Å². The van der Waals surface area contributed by atoms with Crippen LogP contribution >= 0.6 is 11.6 Å². The molecule has 1 N–H and O–H groups in total. The van der Waals surface area contributed by atoms with Crippen molar-refractivity contribution >= 4 is 22.3 Å². The summed E-state index contributed by atoms with van der Waals surface area (Å²) in [6.45, 7) is 3.56. The first-order chi connectivity index (χ1) is 10.1. The number of hydrogen-bond donors (Lipinski definition) is 2. The Labute approximate surface area is 130 Å². The van der Waals surface area contributed by atoms with Gasteiger partial charge in [-0.15, -0.1) is 0 Å². The van der Waals surface area contributed by atoms with Crippen molar-refractivity contribution in [3.63, 3.8) is 0 Å². The van der Waals surface area contributed by atoms with Crippen LogP contribution in [0.15, 0.2) is 41.3 Å². The van der Waals surface area contributed by atoms with Crippen LogP contribution in [0.1, 0.15) is 28.2 Å². The average Bonchev–Trinajstić information content (AvgIpc) is 2.46. The number of hydrogen-bond acceptors (Lipinski definition) is 3. The first-order valence-corrected chi connectivity index (χ1v) is 8.36. The molecular weight excluding hydrogens is 306 g/mol. The smallest absolute Gasteiger partial charge is 0.168 e. The molecule has 0 aliphatic carbocycles. The lowest BCUT2D eigenvalue weighted by Crippen LogP contribution is -2.29. The fourth-order valence-electron chi connectivity index (χ4n) is 2.90. The number of rotatable bonds is 2. The van der Waals surface area contributed by atoms with E-state index in [2.05, 4.69) is 11.4 Å². The second-order valence-electron chi connectivity index (χ2n) is 5.35. The van der Waals surface area contributed by atoms with Crippen LogP contribution in [0.4, 0.5) is 0 Å². The van der Waals surface area contributed by atoms with Gasteiger partial charge in [0, 0.05) is 24.0 Å². The van der Waals surface area contributed by atoms with E-state index in [-0.39, 0.29) is 5.92 Å². The highest BCUT2D eigenvalue weighted by molar-refractivity contribution is 7.72. The van der Waals surface area contributed by atoms with Crippen molar-refractivity contribution in [3.8, 4) is 0 Å². The van der Waals surface area contributed by atoms with Gasteiger partial charge in [-0.2, -0.15) is 0 Å². The summed E-state index contributed by atoms with van der Waals surface area (Å²) in [7, 11) is -2.56. The molecule has 1 aliphatic heterocycles. The predicted octanol–water partition coefficient (Wildman–Crippen LogP) is 2.85. The summed E-state index contributed by atoms with van der Waals surface area (Å²) in [5.41, 5.74) is 4.42. The SMILES string of the molecule is Cc1cc(Cl)c2c(c1)[C@H](c1cccc([SH](=O)=O)c1)CNC2. The third kappa shape index (κ3) is 2.84. The number of thiol groups is 1. The van der Waals surface area contributed by atoms with Gasteiger partial charge < -0.3 is 5.32 Å². The van der Waals surface area contributed by atoms with Gasteiger partial charge in [0.2, 0.25) is 0 Å². The maximum atomic E-state index is 11.2. The zero-order valence-corrected chi connectivity index (χ0v) is 13.2. The molecule has 0 bridgehead atoms. The van der Waals surface area contributed by atoms with E-state index < -0.39 is 10.7 Å². The Morgan fingerprint density at radius 1 is 1.24 bits per heavy atom. The number of halogens is 1. The van der Waals surface area contributed by atoms with Crippen LogP contribution in [0.3, 0.4) is 0 Å². The Morgan fingerprint density at radius 3 is 2.81 bits per heavy atom. The van der Waals surface area contributed by atoms with Crippen molar-refractivity contribution in [3.05, 3.63) is 63.7 Å². The van der Waals surface area contributed by atoms with Gasteiger partial charge in [-0.1, -0.05) is 29.8 Å². The average molecular weight is 322 g/mol. The molecule has 2 aromatic carbocycles. The highest BCUT2D eigenvalue weighted by atomic mass is 35.5. The third-order valence-corrected chi connectivity index (χ3v) is 4.92. The molecule has 3 nitrogen and oxygen atoms in total. The van der Waals surface area contributed by atoms with E-state index in [1.807, 2.05) is 19.1 Å². The lowest BCUT2D eigenvalue weighted by atomic mass is 9.84. The fourth-order valence-corrected chi connectivity index (χ4v) is 3.71. The molecule has 0 amide bonds. The molecule has 0 spiro atoms. The second kappa shape index (κ2) is 5.79. The minimum atomic E-state index is -2.56. The molecule has 1 heterocycles. The van der Waals surface area contributed by atoms with Gasteiger partial charge in [0.15, 0.2) is 10.7 Å². The van der Waals surface area contributed by atoms with Crippen LogP contribution in [0.5, 0.6) is 0 Å². The molecule has 1 aliphatic rings. The van der Waals surface area contributed by atoms with Gasteiger partial charge >= 0.3 is 0 Å². The topological polar surface area (TPSA) is 46.2 Å². The highest BCUT2D eigenvalue weighted by Gasteiger charge is 2.23. The van der Waals surface area contributed by atoms with Gasteiger partial charge in [0.1, 0.15) is 0 Å². The normalized spacial score (nSPS) is 17.8. The van der Waals surface area contributed by atoms with Gasteiger partial charge in [0.05, 0.1) is 4.90 Å². The molecule has 5 heteroatoms. The maximum absolute atomic E-state index is 11.2. The molecule has 0 fully saturated rings. The first kappa shape index (κ1) is 14.6. The van der Waals surface area contributed by atoms with E-state index in [0.717, 1.165) is 34.8 Å². The summed E-state index contributed by atoms with van der Waals surface area (Å²) in [5.74, 6) is 0.126. The molecule has 2 aromatic rings. The molecule has 0 aromatic heterocycles. The number of aryl methyl sites for hydroxylation is 1. The third-order valence-electron chi connectivity index (χ3n) is 3.88. The maximum Gasteiger partial charge on any atom is 0.168 e. The summed E-state index contributed by atoms with van der Waals surface area (Å²) in [5, 5.41) is 4.13. The molecule has 0 saturated heterocycles. The van der Waals surface area contributed by atoms with Gasteiger partial charge in [-0.3, -0.25) is 0 Å². The van der Waals surface area contributed by atoms with E-state index in [0.29, 0.717) is 4.90 Å². The summed E-state index contributed by atoms with van der Waals surface area (Å²) in [4.78, 5) is 0.355. The fraction of sp³-hybridized carbons (Fsp3) is 0.250. The van der Waals surface area contributed by atoms with Crippen molar-refractivity contribution in [2.75, 3.05) is 6.54 Å². The van der Waals surface area contributed by atoms with Crippen LogP contribution in [-0.4, -0.2) is 15.0 Å². The van der Waals surface area contributed by atoms with Gasteiger partial charge in [-0.25, -0.2) is 8.42 Å².